The van der Waals surface area contributed by atoms with Crippen LogP contribution in [0, 0.1) is 0 Å². The lowest BCUT2D eigenvalue weighted by atomic mass is 10.2. The molecule has 1 N–H and O–H groups in total. The Hall–Kier alpha value is -0.0900. The molecule has 1 aliphatic rings. The van der Waals surface area contributed by atoms with Gasteiger partial charge in [0.2, 0.25) is 0 Å². The fourth-order valence-electron chi connectivity index (χ4n) is 2.27. The van der Waals surface area contributed by atoms with Crippen molar-refractivity contribution in [3.05, 3.63) is 0 Å². The summed E-state index contributed by atoms with van der Waals surface area (Å²) in [6.45, 7) is 6.77. The first-order valence-corrected chi connectivity index (χ1v) is 7.59. The Morgan fingerprint density at radius 3 is 2.53 bits per heavy atom. The van der Waals surface area contributed by atoms with Gasteiger partial charge in [-0.1, -0.05) is 13.8 Å². The monoisotopic (exact) mass is 233 g/mol. The van der Waals surface area contributed by atoms with Crippen LogP contribution >= 0.6 is 0 Å². The third-order valence-corrected chi connectivity index (χ3v) is 6.29. The third kappa shape index (κ3) is 2.94. The molecule has 1 rings (SSSR count). The minimum Gasteiger partial charge on any atom is -0.314 e. The molecule has 3 unspecified atom stereocenters. The first-order valence-electron chi connectivity index (χ1n) is 5.98. The van der Waals surface area contributed by atoms with Crippen LogP contribution in [0.15, 0.2) is 0 Å². The van der Waals surface area contributed by atoms with Crippen LogP contribution in [0.3, 0.4) is 0 Å². The maximum absolute atomic E-state index is 12.1. The second kappa shape index (κ2) is 5.30. The van der Waals surface area contributed by atoms with Crippen LogP contribution in [-0.2, 0) is 9.84 Å². The lowest BCUT2D eigenvalue weighted by molar-refractivity contribution is 0.534. The molecule has 0 aromatic heterocycles. The Morgan fingerprint density at radius 1 is 1.33 bits per heavy atom. The summed E-state index contributed by atoms with van der Waals surface area (Å²) in [5.41, 5.74) is 0. The Bertz CT molecular complexity index is 287. The van der Waals surface area contributed by atoms with Crippen molar-refractivity contribution in [2.75, 3.05) is 6.54 Å². The van der Waals surface area contributed by atoms with Gasteiger partial charge in [0.05, 0.1) is 10.5 Å². The number of hydrogen-bond acceptors (Lipinski definition) is 3. The van der Waals surface area contributed by atoms with Crippen LogP contribution in [0.1, 0.15) is 46.5 Å². The summed E-state index contributed by atoms with van der Waals surface area (Å²) in [5.74, 6) is 0. The van der Waals surface area contributed by atoms with Crippen LogP contribution in [0.2, 0.25) is 0 Å². The van der Waals surface area contributed by atoms with E-state index in [1.807, 2.05) is 13.8 Å². The maximum atomic E-state index is 12.1. The minimum atomic E-state index is -2.88. The Morgan fingerprint density at radius 2 is 2.00 bits per heavy atom. The van der Waals surface area contributed by atoms with E-state index >= 15 is 0 Å². The Kier molecular flexibility index (Phi) is 4.59. The fourth-order valence-corrected chi connectivity index (χ4v) is 4.36. The molecule has 1 saturated carbocycles. The van der Waals surface area contributed by atoms with Crippen LogP contribution in [0.5, 0.6) is 0 Å². The molecule has 0 heterocycles. The van der Waals surface area contributed by atoms with E-state index in [0.29, 0.717) is 6.04 Å². The predicted octanol–water partition coefficient (Wildman–Crippen LogP) is 1.73. The highest BCUT2D eigenvalue weighted by molar-refractivity contribution is 7.92. The van der Waals surface area contributed by atoms with Crippen molar-refractivity contribution in [3.8, 4) is 0 Å². The summed E-state index contributed by atoms with van der Waals surface area (Å²) < 4.78 is 24.2. The van der Waals surface area contributed by atoms with Crippen molar-refractivity contribution < 1.29 is 8.42 Å². The molecule has 0 aromatic carbocycles. The lowest BCUT2D eigenvalue weighted by Gasteiger charge is -2.17. The summed E-state index contributed by atoms with van der Waals surface area (Å²) in [4.78, 5) is 0. The molecule has 0 aromatic rings. The summed E-state index contributed by atoms with van der Waals surface area (Å²) in [5, 5.41) is 3.06. The first kappa shape index (κ1) is 13.0. The Balaban J connectivity index is 2.60. The van der Waals surface area contributed by atoms with E-state index in [9.17, 15) is 8.42 Å². The highest BCUT2D eigenvalue weighted by Gasteiger charge is 2.36. The van der Waals surface area contributed by atoms with Gasteiger partial charge in [0, 0.05) is 6.04 Å². The fraction of sp³-hybridized carbons (Fsp3) is 1.00. The molecule has 0 radical (unpaired) electrons. The Labute approximate surface area is 93.6 Å². The second-order valence-electron chi connectivity index (χ2n) is 4.50. The van der Waals surface area contributed by atoms with Gasteiger partial charge in [0.1, 0.15) is 0 Å². The van der Waals surface area contributed by atoms with Crippen molar-refractivity contribution >= 4 is 9.84 Å². The van der Waals surface area contributed by atoms with E-state index < -0.39 is 9.84 Å². The summed E-state index contributed by atoms with van der Waals surface area (Å²) in [7, 11) is -2.88. The zero-order valence-corrected chi connectivity index (χ0v) is 10.8. The van der Waals surface area contributed by atoms with Gasteiger partial charge in [-0.2, -0.15) is 0 Å². The number of nitrogens with one attached hydrogen (secondary N) is 1. The lowest BCUT2D eigenvalue weighted by Crippen LogP contribution is -2.31. The molecular weight excluding hydrogens is 210 g/mol. The smallest absolute Gasteiger partial charge is 0.155 e. The standard InChI is InChI=1S/C11H23NO2S/c1-4-9(3)15(13,14)11-7-6-10(8-11)12-5-2/h9-12H,4-8H2,1-3H3. The SMILES string of the molecule is CCNC1CCC(S(=O)(=O)C(C)CC)C1. The largest absolute Gasteiger partial charge is 0.314 e. The number of rotatable bonds is 5. The first-order chi connectivity index (χ1) is 7.02. The summed E-state index contributed by atoms with van der Waals surface area (Å²) in [6, 6.07) is 0.416. The molecular formula is C11H23NO2S. The molecule has 15 heavy (non-hydrogen) atoms. The molecule has 90 valence electrons. The van der Waals surface area contributed by atoms with Gasteiger partial charge in [0.25, 0.3) is 0 Å². The van der Waals surface area contributed by atoms with E-state index in [-0.39, 0.29) is 10.5 Å². The topological polar surface area (TPSA) is 46.2 Å². The van der Waals surface area contributed by atoms with E-state index in [2.05, 4.69) is 12.2 Å². The molecule has 0 saturated heterocycles. The molecule has 3 nitrogen and oxygen atoms in total. The van der Waals surface area contributed by atoms with Gasteiger partial charge in [0.15, 0.2) is 9.84 Å². The molecule has 1 fully saturated rings. The van der Waals surface area contributed by atoms with E-state index in [1.165, 1.54) is 0 Å². The van der Waals surface area contributed by atoms with Crippen molar-refractivity contribution in [1.82, 2.24) is 5.32 Å². The number of hydrogen-bond donors (Lipinski definition) is 1. The minimum absolute atomic E-state index is 0.100. The van der Waals surface area contributed by atoms with E-state index in [4.69, 9.17) is 0 Å². The molecule has 0 bridgehead atoms. The molecule has 4 heteroatoms. The van der Waals surface area contributed by atoms with Crippen LogP contribution in [0.25, 0.3) is 0 Å². The van der Waals surface area contributed by atoms with E-state index in [0.717, 1.165) is 32.2 Å². The average Bonchev–Trinajstić information content (AvgIpc) is 2.66. The van der Waals surface area contributed by atoms with Crippen LogP contribution < -0.4 is 5.32 Å². The molecule has 1 aliphatic carbocycles. The van der Waals surface area contributed by atoms with Gasteiger partial charge in [-0.25, -0.2) is 8.42 Å². The van der Waals surface area contributed by atoms with Gasteiger partial charge in [-0.3, -0.25) is 0 Å². The van der Waals surface area contributed by atoms with E-state index in [1.54, 1.807) is 0 Å². The van der Waals surface area contributed by atoms with Crippen molar-refractivity contribution in [3.63, 3.8) is 0 Å². The predicted molar refractivity (Wildman–Crippen MR) is 63.8 cm³/mol. The maximum Gasteiger partial charge on any atom is 0.155 e. The zero-order valence-electron chi connectivity index (χ0n) is 9.99. The van der Waals surface area contributed by atoms with Gasteiger partial charge < -0.3 is 5.32 Å². The van der Waals surface area contributed by atoms with Gasteiger partial charge >= 0.3 is 0 Å². The molecule has 3 atom stereocenters. The number of sulfone groups is 1. The van der Waals surface area contributed by atoms with Gasteiger partial charge in [-0.05, 0) is 39.2 Å². The third-order valence-electron chi connectivity index (χ3n) is 3.48. The van der Waals surface area contributed by atoms with Crippen molar-refractivity contribution in [2.45, 2.75) is 63.0 Å². The van der Waals surface area contributed by atoms with Crippen LogP contribution in [-0.4, -0.2) is 31.5 Å². The zero-order chi connectivity index (χ0) is 11.5. The van der Waals surface area contributed by atoms with Crippen molar-refractivity contribution in [2.24, 2.45) is 0 Å². The molecule has 0 spiro atoms. The van der Waals surface area contributed by atoms with Crippen molar-refractivity contribution in [1.29, 1.82) is 0 Å². The van der Waals surface area contributed by atoms with Gasteiger partial charge in [-0.15, -0.1) is 0 Å². The quantitative estimate of drug-likeness (QED) is 0.786. The average molecular weight is 233 g/mol. The highest BCUT2D eigenvalue weighted by Crippen LogP contribution is 2.28. The molecule has 0 amide bonds. The highest BCUT2D eigenvalue weighted by atomic mass is 32.2. The van der Waals surface area contributed by atoms with Crippen LogP contribution in [0.4, 0.5) is 0 Å². The summed E-state index contributed by atoms with van der Waals surface area (Å²) in [6.07, 6.45) is 3.38. The molecule has 0 aliphatic heterocycles. The normalized spacial score (nSPS) is 29.3. The second-order valence-corrected chi connectivity index (χ2v) is 7.15. The summed E-state index contributed by atoms with van der Waals surface area (Å²) >= 11 is 0.